The third-order valence-corrected chi connectivity index (χ3v) is 7.23. The van der Waals surface area contributed by atoms with E-state index in [-0.39, 0.29) is 17.0 Å². The van der Waals surface area contributed by atoms with Crippen LogP contribution in [0.5, 0.6) is 5.75 Å². The number of ether oxygens (including phenoxy) is 3. The Morgan fingerprint density at radius 2 is 1.69 bits per heavy atom. The number of hydrogen-bond donors (Lipinski definition) is 0. The summed E-state index contributed by atoms with van der Waals surface area (Å²) in [7, 11) is 0. The fourth-order valence-corrected chi connectivity index (χ4v) is 5.09. The van der Waals surface area contributed by atoms with Gasteiger partial charge in [-0.2, -0.15) is 8.78 Å². The Kier molecular flexibility index (Phi) is 7.66. The van der Waals surface area contributed by atoms with Crippen LogP contribution in [0, 0.1) is 29.2 Å². The van der Waals surface area contributed by atoms with Gasteiger partial charge in [0.2, 0.25) is 5.01 Å². The average Bonchev–Trinajstić information content (AvgIpc) is 3.35. The highest BCUT2D eigenvalue weighted by Crippen LogP contribution is 2.39. The minimum Gasteiger partial charge on any atom is -0.427 e. The normalized spacial score (nSPS) is 17.9. The average molecular weight is 566 g/mol. The fourth-order valence-electron chi connectivity index (χ4n) is 4.16. The zero-order valence-electron chi connectivity index (χ0n) is 20.2. The Bertz CT molecular complexity index is 1490. The molecule has 0 saturated carbocycles. The van der Waals surface area contributed by atoms with Crippen LogP contribution < -0.4 is 4.74 Å². The monoisotopic (exact) mass is 565 g/mol. The second kappa shape index (κ2) is 11.0. The summed E-state index contributed by atoms with van der Waals surface area (Å²) in [5, 5.41) is -0.656. The van der Waals surface area contributed by atoms with E-state index in [4.69, 9.17) is 14.2 Å². The van der Waals surface area contributed by atoms with E-state index in [9.17, 15) is 26.3 Å². The van der Waals surface area contributed by atoms with E-state index >= 15 is 0 Å². The lowest BCUT2D eigenvalue weighted by Crippen LogP contribution is -2.26. The molecule has 0 unspecified atom stereocenters. The topological polar surface area (TPSA) is 40.6 Å². The molecule has 1 fully saturated rings. The van der Waals surface area contributed by atoms with Crippen LogP contribution in [0.4, 0.5) is 26.3 Å². The summed E-state index contributed by atoms with van der Waals surface area (Å²) in [6.07, 6.45) is -0.939. The molecule has 1 aromatic heterocycles. The molecule has 0 atom stereocenters. The minimum atomic E-state index is -3.91. The molecule has 0 amide bonds. The van der Waals surface area contributed by atoms with Gasteiger partial charge >= 0.3 is 6.11 Å². The van der Waals surface area contributed by atoms with Crippen molar-refractivity contribution in [3.63, 3.8) is 0 Å². The molecule has 0 bridgehead atoms. The van der Waals surface area contributed by atoms with Crippen molar-refractivity contribution >= 4 is 21.6 Å². The lowest BCUT2D eigenvalue weighted by molar-refractivity contribution is -0.205. The minimum absolute atomic E-state index is 0.255. The molecule has 1 saturated heterocycles. The zero-order chi connectivity index (χ0) is 27.7. The number of fused-ring (bicyclic) bond motifs is 1. The molecule has 0 spiro atoms. The maximum Gasteiger partial charge on any atom is 0.454 e. The van der Waals surface area contributed by atoms with Gasteiger partial charge in [0.05, 0.1) is 23.4 Å². The van der Waals surface area contributed by atoms with Gasteiger partial charge in [0.15, 0.2) is 23.7 Å². The molecule has 204 valence electrons. The number of alkyl halides is 2. The molecule has 4 aromatic rings. The first-order valence-electron chi connectivity index (χ1n) is 11.9. The lowest BCUT2D eigenvalue weighted by Gasteiger charge is -2.29. The standard InChI is InChI=1S/C28H21F6NO3S/c1-2-3-4-15-13-36-26(37-14-15)16-5-8-23-24(11-16)39-27(35-23)28(33,34)38-18-6-7-19(20(29)12-18)17-9-21(30)25(32)22(31)10-17/h2,5-12,15,26H,1,3-4,13-14H2. The molecule has 0 aliphatic carbocycles. The number of aromatic nitrogens is 1. The molecule has 11 heteroatoms. The number of benzene rings is 3. The summed E-state index contributed by atoms with van der Waals surface area (Å²) in [4.78, 5) is 3.97. The van der Waals surface area contributed by atoms with Crippen molar-refractivity contribution in [3.8, 4) is 16.9 Å². The number of allylic oxidation sites excluding steroid dienone is 1. The first-order valence-corrected chi connectivity index (χ1v) is 12.7. The maximum absolute atomic E-state index is 15.0. The second-order valence-corrected chi connectivity index (χ2v) is 10.0. The molecule has 5 rings (SSSR count). The van der Waals surface area contributed by atoms with Gasteiger partial charge in [-0.3, -0.25) is 0 Å². The second-order valence-electron chi connectivity index (χ2n) is 8.99. The van der Waals surface area contributed by atoms with E-state index in [1.54, 1.807) is 18.2 Å². The number of thiazole rings is 1. The quantitative estimate of drug-likeness (QED) is 0.123. The van der Waals surface area contributed by atoms with Crippen molar-refractivity contribution in [2.45, 2.75) is 25.2 Å². The highest BCUT2D eigenvalue weighted by molar-refractivity contribution is 7.18. The largest absolute Gasteiger partial charge is 0.454 e. The van der Waals surface area contributed by atoms with Crippen molar-refractivity contribution in [1.82, 2.24) is 4.98 Å². The zero-order valence-corrected chi connectivity index (χ0v) is 21.1. The van der Waals surface area contributed by atoms with Gasteiger partial charge in [-0.15, -0.1) is 17.9 Å². The van der Waals surface area contributed by atoms with Crippen LogP contribution >= 0.6 is 11.3 Å². The highest BCUT2D eigenvalue weighted by atomic mass is 32.1. The molecular formula is C28H21F6NO3S. The number of hydrogen-bond acceptors (Lipinski definition) is 5. The first-order chi connectivity index (χ1) is 18.6. The summed E-state index contributed by atoms with van der Waals surface area (Å²) < 4.78 is 102. The Balaban J connectivity index is 1.31. The SMILES string of the molecule is C=CCCC1COC(c2ccc3nc(C(F)(F)Oc4ccc(-c5cc(F)c(F)c(F)c5)c(F)c4)sc3c2)OC1. The van der Waals surface area contributed by atoms with Crippen molar-refractivity contribution in [2.24, 2.45) is 5.92 Å². The van der Waals surface area contributed by atoms with Gasteiger partial charge in [0, 0.05) is 23.1 Å². The van der Waals surface area contributed by atoms with Crippen LogP contribution in [0.2, 0.25) is 0 Å². The summed E-state index contributed by atoms with van der Waals surface area (Å²) in [6, 6.07) is 8.80. The van der Waals surface area contributed by atoms with Gasteiger partial charge in [0.1, 0.15) is 11.6 Å². The third kappa shape index (κ3) is 5.80. The first kappa shape index (κ1) is 27.2. The molecule has 0 N–H and O–H groups in total. The number of halogens is 6. The van der Waals surface area contributed by atoms with Gasteiger partial charge in [-0.25, -0.2) is 22.5 Å². The van der Waals surface area contributed by atoms with E-state index in [0.717, 1.165) is 25.0 Å². The van der Waals surface area contributed by atoms with Crippen molar-refractivity contribution in [3.05, 3.63) is 95.0 Å². The van der Waals surface area contributed by atoms with E-state index in [0.29, 0.717) is 58.5 Å². The third-order valence-electron chi connectivity index (χ3n) is 6.16. The predicted octanol–water partition coefficient (Wildman–Crippen LogP) is 8.28. The maximum atomic E-state index is 15.0. The van der Waals surface area contributed by atoms with Gasteiger partial charge in [-0.05, 0) is 54.8 Å². The van der Waals surface area contributed by atoms with Gasteiger partial charge in [0.25, 0.3) is 0 Å². The van der Waals surface area contributed by atoms with Crippen LogP contribution in [-0.2, 0) is 15.6 Å². The van der Waals surface area contributed by atoms with Crippen LogP contribution in [0.25, 0.3) is 21.3 Å². The molecule has 0 radical (unpaired) electrons. The molecule has 4 nitrogen and oxygen atoms in total. The van der Waals surface area contributed by atoms with Crippen LogP contribution in [0.3, 0.4) is 0 Å². The lowest BCUT2D eigenvalue weighted by atomic mass is 10.0. The summed E-state index contributed by atoms with van der Waals surface area (Å²) in [5.74, 6) is -6.10. The smallest absolute Gasteiger partial charge is 0.427 e. The Morgan fingerprint density at radius 3 is 2.36 bits per heavy atom. The Hall–Kier alpha value is -3.41. The van der Waals surface area contributed by atoms with Gasteiger partial charge in [-0.1, -0.05) is 12.1 Å². The molecule has 3 aromatic carbocycles. The summed E-state index contributed by atoms with van der Waals surface area (Å²) >= 11 is 0.701. The van der Waals surface area contributed by atoms with E-state index < -0.39 is 46.4 Å². The van der Waals surface area contributed by atoms with Crippen molar-refractivity contribution in [1.29, 1.82) is 0 Å². The van der Waals surface area contributed by atoms with E-state index in [1.165, 1.54) is 0 Å². The van der Waals surface area contributed by atoms with E-state index in [2.05, 4.69) is 11.6 Å². The predicted molar refractivity (Wildman–Crippen MR) is 133 cm³/mol. The van der Waals surface area contributed by atoms with Crippen LogP contribution in [0.15, 0.2) is 61.2 Å². The molecule has 1 aliphatic rings. The Labute approximate surface area is 223 Å². The van der Waals surface area contributed by atoms with Crippen molar-refractivity contribution < 1.29 is 40.6 Å². The number of nitrogens with zero attached hydrogens (tertiary/aromatic N) is 1. The van der Waals surface area contributed by atoms with Crippen LogP contribution in [-0.4, -0.2) is 18.2 Å². The highest BCUT2D eigenvalue weighted by Gasteiger charge is 2.39. The summed E-state index contributed by atoms with van der Waals surface area (Å²) in [6.45, 7) is 4.73. The fraction of sp³-hybridized carbons (Fsp3) is 0.250. The van der Waals surface area contributed by atoms with Crippen molar-refractivity contribution in [2.75, 3.05) is 13.2 Å². The summed E-state index contributed by atoms with van der Waals surface area (Å²) in [5.41, 5.74) is 0.344. The molecule has 2 heterocycles. The Morgan fingerprint density at radius 1 is 0.974 bits per heavy atom. The van der Waals surface area contributed by atoms with E-state index in [1.807, 2.05) is 6.08 Å². The number of rotatable bonds is 8. The molecule has 39 heavy (non-hydrogen) atoms. The van der Waals surface area contributed by atoms with Crippen LogP contribution in [0.1, 0.15) is 29.7 Å². The molecule has 1 aliphatic heterocycles. The molecular weight excluding hydrogens is 544 g/mol. The van der Waals surface area contributed by atoms with Gasteiger partial charge < -0.3 is 14.2 Å².